The Bertz CT molecular complexity index is 508. The molecule has 1 aliphatic rings. The normalized spacial score (nSPS) is 22.1. The van der Waals surface area contributed by atoms with Gasteiger partial charge in [-0.3, -0.25) is 14.9 Å². The predicted molar refractivity (Wildman–Crippen MR) is 67.7 cm³/mol. The van der Waals surface area contributed by atoms with Crippen LogP contribution in [0.3, 0.4) is 0 Å². The first-order chi connectivity index (χ1) is 7.99. The molecule has 1 N–H and O–H groups in total. The highest BCUT2D eigenvalue weighted by molar-refractivity contribution is 9.10. The number of fused-ring (bicyclic) bond motifs is 1. The molecular formula is C10H8BrClN2O3. The Morgan fingerprint density at radius 1 is 1.53 bits per heavy atom. The number of hydrogen-bond acceptors (Lipinski definition) is 3. The minimum atomic E-state index is -0.962. The molecule has 1 aliphatic heterocycles. The van der Waals surface area contributed by atoms with Crippen molar-refractivity contribution in [2.75, 3.05) is 11.2 Å². The van der Waals surface area contributed by atoms with Crippen LogP contribution >= 0.6 is 27.5 Å². The lowest BCUT2D eigenvalue weighted by atomic mass is 9.97. The number of non-ortho nitro benzene ring substituents is 1. The minimum Gasteiger partial charge on any atom is -0.324 e. The van der Waals surface area contributed by atoms with Crippen LogP contribution in [0.15, 0.2) is 18.2 Å². The smallest absolute Gasteiger partial charge is 0.269 e. The molecule has 7 heteroatoms. The van der Waals surface area contributed by atoms with E-state index in [1.807, 2.05) is 0 Å². The molecule has 0 spiro atoms. The van der Waals surface area contributed by atoms with Gasteiger partial charge in [-0.05, 0) is 12.5 Å². The van der Waals surface area contributed by atoms with Crippen LogP contribution in [0.2, 0.25) is 0 Å². The van der Waals surface area contributed by atoms with Crippen molar-refractivity contribution in [1.29, 1.82) is 0 Å². The molecule has 17 heavy (non-hydrogen) atoms. The second kappa shape index (κ2) is 4.27. The van der Waals surface area contributed by atoms with E-state index < -0.39 is 9.25 Å². The number of nitro groups is 1. The first-order valence-corrected chi connectivity index (χ1v) is 6.17. The molecule has 1 amide bonds. The van der Waals surface area contributed by atoms with Gasteiger partial charge in [-0.2, -0.15) is 0 Å². The summed E-state index contributed by atoms with van der Waals surface area (Å²) in [5.41, 5.74) is 1.11. The fourth-order valence-electron chi connectivity index (χ4n) is 1.80. The first kappa shape index (κ1) is 12.3. The molecule has 0 aliphatic carbocycles. The number of nitrogens with one attached hydrogen (secondary N) is 1. The monoisotopic (exact) mass is 318 g/mol. The van der Waals surface area contributed by atoms with E-state index in [-0.39, 0.29) is 17.5 Å². The second-order valence-electron chi connectivity index (χ2n) is 3.68. The summed E-state index contributed by atoms with van der Waals surface area (Å²) in [6, 6.07) is 4.29. The number of anilines is 1. The number of halogens is 2. The van der Waals surface area contributed by atoms with Crippen molar-refractivity contribution in [2.45, 2.75) is 10.7 Å². The van der Waals surface area contributed by atoms with Crippen molar-refractivity contribution >= 4 is 44.8 Å². The van der Waals surface area contributed by atoms with E-state index in [0.29, 0.717) is 17.7 Å². The molecule has 5 nitrogen and oxygen atoms in total. The van der Waals surface area contributed by atoms with Crippen molar-refractivity contribution in [2.24, 2.45) is 0 Å². The van der Waals surface area contributed by atoms with Crippen LogP contribution in [0.25, 0.3) is 0 Å². The molecule has 1 atom stereocenters. The zero-order valence-electron chi connectivity index (χ0n) is 8.57. The number of carbonyl (C=O) groups excluding carboxylic acids is 1. The molecule has 0 saturated heterocycles. The van der Waals surface area contributed by atoms with E-state index in [1.165, 1.54) is 18.2 Å². The van der Waals surface area contributed by atoms with Crippen LogP contribution in [-0.4, -0.2) is 16.7 Å². The number of benzene rings is 1. The lowest BCUT2D eigenvalue weighted by molar-refractivity contribution is -0.384. The SMILES string of the molecule is O=C1Nc2ccc([N+](=O)[O-])cc2[C@@]1(Br)CCCl. The number of rotatable bonds is 3. The van der Waals surface area contributed by atoms with Crippen LogP contribution in [0.5, 0.6) is 0 Å². The van der Waals surface area contributed by atoms with Crippen LogP contribution in [0.4, 0.5) is 11.4 Å². The highest BCUT2D eigenvalue weighted by atomic mass is 79.9. The van der Waals surface area contributed by atoms with Gasteiger partial charge in [-0.1, -0.05) is 15.9 Å². The maximum Gasteiger partial charge on any atom is 0.269 e. The van der Waals surface area contributed by atoms with Crippen LogP contribution in [-0.2, 0) is 9.12 Å². The largest absolute Gasteiger partial charge is 0.324 e. The summed E-state index contributed by atoms with van der Waals surface area (Å²) in [5, 5.41) is 13.4. The summed E-state index contributed by atoms with van der Waals surface area (Å²) in [6.07, 6.45) is 0.370. The molecule has 0 aromatic heterocycles. The fourth-order valence-corrected chi connectivity index (χ4v) is 2.94. The zero-order chi connectivity index (χ0) is 12.6. The summed E-state index contributed by atoms with van der Waals surface area (Å²) < 4.78 is -0.962. The number of hydrogen-bond donors (Lipinski definition) is 1. The molecular weight excluding hydrogens is 311 g/mol. The van der Waals surface area contributed by atoms with Crippen molar-refractivity contribution in [1.82, 2.24) is 0 Å². The zero-order valence-corrected chi connectivity index (χ0v) is 10.9. The van der Waals surface area contributed by atoms with Gasteiger partial charge in [0.25, 0.3) is 5.69 Å². The standard InChI is InChI=1S/C10H8BrClN2O3/c11-10(3-4-12)7-5-6(14(16)17)1-2-8(7)13-9(10)15/h1-2,5H,3-4H2,(H,13,15)/t10-/m0/s1. The Kier molecular flexibility index (Phi) is 3.09. The predicted octanol–water partition coefficient (Wildman–Crippen LogP) is 2.77. The summed E-state index contributed by atoms with van der Waals surface area (Å²) in [5.74, 6) is 0.0366. The molecule has 0 unspecified atom stereocenters. The van der Waals surface area contributed by atoms with Gasteiger partial charge in [-0.15, -0.1) is 11.6 Å². The Hall–Kier alpha value is -1.14. The van der Waals surface area contributed by atoms with Gasteiger partial charge >= 0.3 is 0 Å². The van der Waals surface area contributed by atoms with Crippen molar-refractivity contribution in [3.05, 3.63) is 33.9 Å². The van der Waals surface area contributed by atoms with Gasteiger partial charge in [0, 0.05) is 29.3 Å². The third kappa shape index (κ3) is 1.91. The Morgan fingerprint density at radius 2 is 2.24 bits per heavy atom. The van der Waals surface area contributed by atoms with Gasteiger partial charge in [0.1, 0.15) is 4.32 Å². The average Bonchev–Trinajstić information content (AvgIpc) is 2.52. The van der Waals surface area contributed by atoms with E-state index in [0.717, 1.165) is 0 Å². The summed E-state index contributed by atoms with van der Waals surface area (Å²) in [4.78, 5) is 22.1. The Labute approximate surface area is 110 Å². The van der Waals surface area contributed by atoms with Crippen LogP contribution < -0.4 is 5.32 Å². The highest BCUT2D eigenvalue weighted by Gasteiger charge is 2.44. The van der Waals surface area contributed by atoms with E-state index >= 15 is 0 Å². The third-order valence-electron chi connectivity index (χ3n) is 2.69. The Morgan fingerprint density at radius 3 is 2.82 bits per heavy atom. The molecule has 2 rings (SSSR count). The van der Waals surface area contributed by atoms with Gasteiger partial charge in [0.05, 0.1) is 4.92 Å². The minimum absolute atomic E-state index is 0.0429. The van der Waals surface area contributed by atoms with Gasteiger partial charge in [0.2, 0.25) is 5.91 Å². The summed E-state index contributed by atoms with van der Waals surface area (Å²) in [6.45, 7) is 0. The number of amides is 1. The maximum atomic E-state index is 11.8. The number of alkyl halides is 2. The summed E-state index contributed by atoms with van der Waals surface area (Å²) in [7, 11) is 0. The summed E-state index contributed by atoms with van der Waals surface area (Å²) >= 11 is 9.00. The third-order valence-corrected chi connectivity index (χ3v) is 4.06. The molecule has 0 radical (unpaired) electrons. The number of nitro benzene ring substituents is 1. The van der Waals surface area contributed by atoms with E-state index in [1.54, 1.807) is 0 Å². The van der Waals surface area contributed by atoms with Gasteiger partial charge in [-0.25, -0.2) is 0 Å². The quantitative estimate of drug-likeness (QED) is 0.529. The maximum absolute atomic E-state index is 11.8. The molecule has 90 valence electrons. The van der Waals surface area contributed by atoms with Crippen LogP contribution in [0.1, 0.15) is 12.0 Å². The molecule has 1 aromatic rings. The molecule has 1 heterocycles. The van der Waals surface area contributed by atoms with Gasteiger partial charge < -0.3 is 5.32 Å². The lowest BCUT2D eigenvalue weighted by Gasteiger charge is -2.17. The first-order valence-electron chi connectivity index (χ1n) is 4.84. The van der Waals surface area contributed by atoms with E-state index in [9.17, 15) is 14.9 Å². The average molecular weight is 320 g/mol. The topological polar surface area (TPSA) is 72.2 Å². The second-order valence-corrected chi connectivity index (χ2v) is 5.41. The van der Waals surface area contributed by atoms with E-state index in [2.05, 4.69) is 21.2 Å². The fraction of sp³-hybridized carbons (Fsp3) is 0.300. The van der Waals surface area contributed by atoms with E-state index in [4.69, 9.17) is 11.6 Å². The Balaban J connectivity index is 2.53. The number of carbonyl (C=O) groups is 1. The lowest BCUT2D eigenvalue weighted by Crippen LogP contribution is -2.28. The van der Waals surface area contributed by atoms with Crippen molar-refractivity contribution in [3.8, 4) is 0 Å². The number of nitrogens with zero attached hydrogens (tertiary/aromatic N) is 1. The van der Waals surface area contributed by atoms with Crippen molar-refractivity contribution < 1.29 is 9.72 Å². The van der Waals surface area contributed by atoms with Crippen LogP contribution in [0, 0.1) is 10.1 Å². The van der Waals surface area contributed by atoms with Crippen molar-refractivity contribution in [3.63, 3.8) is 0 Å². The molecule has 1 aromatic carbocycles. The molecule has 0 saturated carbocycles. The molecule has 0 fully saturated rings. The molecule has 0 bridgehead atoms. The highest BCUT2D eigenvalue weighted by Crippen LogP contribution is 2.46. The van der Waals surface area contributed by atoms with Gasteiger partial charge in [0.15, 0.2) is 0 Å².